The normalized spacial score (nSPS) is 11.0. The molecule has 3 rings (SSSR count). The topological polar surface area (TPSA) is 99.9 Å². The van der Waals surface area contributed by atoms with Crippen LogP contribution < -0.4 is 0 Å². The zero-order chi connectivity index (χ0) is 13.4. The molecule has 96 valence electrons. The maximum Gasteiger partial charge on any atom is 0.492 e. The quantitative estimate of drug-likeness (QED) is 0.533. The molecule has 2 aromatic heterocycles. The fraction of sp³-hybridized carbons (Fsp3) is 0.100. The Morgan fingerprint density at radius 2 is 2.16 bits per heavy atom. The Labute approximate surface area is 110 Å². The summed E-state index contributed by atoms with van der Waals surface area (Å²) in [5.41, 5.74) is 1.38. The number of hydrogen-bond donors (Lipinski definition) is 0. The Kier molecular flexibility index (Phi) is 2.67. The first-order valence-electron chi connectivity index (χ1n) is 5.22. The Hall–Kier alpha value is -2.42. The lowest BCUT2D eigenvalue weighted by atomic mass is 10.3. The second-order valence-electron chi connectivity index (χ2n) is 3.62. The lowest BCUT2D eigenvalue weighted by Gasteiger charge is -1.88. The van der Waals surface area contributed by atoms with E-state index >= 15 is 0 Å². The minimum absolute atomic E-state index is 0.346. The second-order valence-corrected chi connectivity index (χ2v) is 4.54. The molecule has 0 spiro atoms. The molecular formula is C10H7N5O3S. The van der Waals surface area contributed by atoms with Crippen LogP contribution in [0.15, 0.2) is 39.1 Å². The van der Waals surface area contributed by atoms with Crippen molar-refractivity contribution in [3.63, 3.8) is 0 Å². The minimum Gasteiger partial charge on any atom is -0.431 e. The third kappa shape index (κ3) is 2.15. The molecule has 0 atom stereocenters. The molecule has 9 heteroatoms. The van der Waals surface area contributed by atoms with Gasteiger partial charge in [-0.2, -0.15) is 4.68 Å². The van der Waals surface area contributed by atoms with Crippen molar-refractivity contribution < 1.29 is 9.34 Å². The summed E-state index contributed by atoms with van der Waals surface area (Å²) in [7, 11) is 1.57. The van der Waals surface area contributed by atoms with Crippen molar-refractivity contribution >= 4 is 28.8 Å². The monoisotopic (exact) mass is 277 g/mol. The van der Waals surface area contributed by atoms with Gasteiger partial charge in [-0.1, -0.05) is 12.1 Å². The molecule has 8 nitrogen and oxygen atoms in total. The summed E-state index contributed by atoms with van der Waals surface area (Å²) in [6.07, 6.45) is 0. The molecule has 0 radical (unpaired) electrons. The van der Waals surface area contributed by atoms with Crippen LogP contribution in [0.1, 0.15) is 0 Å². The van der Waals surface area contributed by atoms with Crippen LogP contribution in [0.25, 0.3) is 11.1 Å². The molecule has 0 N–H and O–H groups in total. The van der Waals surface area contributed by atoms with Crippen molar-refractivity contribution in [2.75, 3.05) is 0 Å². The highest BCUT2D eigenvalue weighted by Gasteiger charge is 2.22. The summed E-state index contributed by atoms with van der Waals surface area (Å²) in [5.74, 6) is -0.443. The number of fused-ring (bicyclic) bond motifs is 1. The maximum atomic E-state index is 10.6. The molecule has 0 aliphatic carbocycles. The number of rotatable bonds is 3. The van der Waals surface area contributed by atoms with Gasteiger partial charge in [0.15, 0.2) is 5.58 Å². The van der Waals surface area contributed by atoms with Gasteiger partial charge in [-0.05, 0) is 22.0 Å². The Morgan fingerprint density at radius 3 is 2.84 bits per heavy atom. The highest BCUT2D eigenvalue weighted by Crippen LogP contribution is 2.29. The Bertz CT molecular complexity index is 732. The van der Waals surface area contributed by atoms with Crippen LogP contribution in [0.4, 0.5) is 5.95 Å². The SMILES string of the molecule is Cn1nc([N+](=O)[O-])nc1Sc1nc2ccccc2o1. The molecule has 0 aliphatic heterocycles. The van der Waals surface area contributed by atoms with Crippen LogP contribution in [0, 0.1) is 10.1 Å². The number of benzene rings is 1. The van der Waals surface area contributed by atoms with Gasteiger partial charge >= 0.3 is 5.95 Å². The van der Waals surface area contributed by atoms with Gasteiger partial charge in [-0.25, -0.2) is 4.98 Å². The molecule has 0 unspecified atom stereocenters. The molecule has 1 aromatic carbocycles. The van der Waals surface area contributed by atoms with Gasteiger partial charge in [-0.15, -0.1) is 0 Å². The van der Waals surface area contributed by atoms with Crippen LogP contribution in [-0.4, -0.2) is 24.7 Å². The molecular weight excluding hydrogens is 270 g/mol. The van der Waals surface area contributed by atoms with E-state index in [1.165, 1.54) is 4.68 Å². The minimum atomic E-state index is -0.643. The third-order valence-corrected chi connectivity index (χ3v) is 3.22. The molecule has 3 aromatic rings. The molecule has 0 saturated carbocycles. The number of hydrogen-bond acceptors (Lipinski definition) is 7. The zero-order valence-electron chi connectivity index (χ0n) is 9.68. The lowest BCUT2D eigenvalue weighted by Crippen LogP contribution is -1.94. The van der Waals surface area contributed by atoms with Crippen molar-refractivity contribution in [1.82, 2.24) is 19.7 Å². The van der Waals surface area contributed by atoms with E-state index in [1.54, 1.807) is 13.1 Å². The fourth-order valence-corrected chi connectivity index (χ4v) is 2.23. The number of oxazole rings is 1. The largest absolute Gasteiger partial charge is 0.492 e. The van der Waals surface area contributed by atoms with Gasteiger partial charge < -0.3 is 14.5 Å². The van der Waals surface area contributed by atoms with Crippen molar-refractivity contribution in [3.8, 4) is 0 Å². The average molecular weight is 277 g/mol. The molecule has 0 bridgehead atoms. The van der Waals surface area contributed by atoms with Gasteiger partial charge in [0, 0.05) is 23.9 Å². The molecule has 0 fully saturated rings. The number of nitro groups is 1. The van der Waals surface area contributed by atoms with Gasteiger partial charge in [0.2, 0.25) is 0 Å². The summed E-state index contributed by atoms with van der Waals surface area (Å²) < 4.78 is 6.81. The van der Waals surface area contributed by atoms with Crippen molar-refractivity contribution in [3.05, 3.63) is 34.4 Å². The van der Waals surface area contributed by atoms with E-state index in [4.69, 9.17) is 4.42 Å². The van der Waals surface area contributed by atoms with E-state index in [1.807, 2.05) is 18.2 Å². The molecule has 19 heavy (non-hydrogen) atoms. The van der Waals surface area contributed by atoms with E-state index in [2.05, 4.69) is 15.1 Å². The summed E-state index contributed by atoms with van der Waals surface area (Å²) in [5, 5.41) is 15.0. The Balaban J connectivity index is 1.94. The van der Waals surface area contributed by atoms with Crippen LogP contribution in [-0.2, 0) is 7.05 Å². The van der Waals surface area contributed by atoms with E-state index < -0.39 is 10.9 Å². The highest BCUT2D eigenvalue weighted by atomic mass is 32.2. The second kappa shape index (κ2) is 4.35. The number of nitrogens with zero attached hydrogens (tertiary/aromatic N) is 5. The molecule has 2 heterocycles. The number of aromatic nitrogens is 4. The summed E-state index contributed by atoms with van der Waals surface area (Å²) in [4.78, 5) is 18.0. The first-order valence-corrected chi connectivity index (χ1v) is 6.04. The van der Waals surface area contributed by atoms with Crippen LogP contribution in [0.5, 0.6) is 0 Å². The zero-order valence-corrected chi connectivity index (χ0v) is 10.5. The van der Waals surface area contributed by atoms with Crippen LogP contribution in [0.2, 0.25) is 0 Å². The summed E-state index contributed by atoms with van der Waals surface area (Å²) in [6.45, 7) is 0. The standard InChI is InChI=1S/C10H7N5O3S/c1-14-9(12-8(13-14)15(16)17)19-10-11-6-4-2-3-5-7(6)18-10/h2-5H,1H3. The van der Waals surface area contributed by atoms with Gasteiger partial charge in [0.05, 0.1) is 0 Å². The Morgan fingerprint density at radius 1 is 1.37 bits per heavy atom. The molecule has 0 aliphatic rings. The van der Waals surface area contributed by atoms with Crippen molar-refractivity contribution in [2.24, 2.45) is 7.05 Å². The van der Waals surface area contributed by atoms with E-state index in [-0.39, 0.29) is 0 Å². The molecule has 0 saturated heterocycles. The molecule has 0 amide bonds. The van der Waals surface area contributed by atoms with Crippen LogP contribution in [0.3, 0.4) is 0 Å². The highest BCUT2D eigenvalue weighted by molar-refractivity contribution is 7.99. The first kappa shape index (κ1) is 11.7. The van der Waals surface area contributed by atoms with Crippen molar-refractivity contribution in [1.29, 1.82) is 0 Å². The predicted molar refractivity (Wildman–Crippen MR) is 65.8 cm³/mol. The smallest absolute Gasteiger partial charge is 0.431 e. The predicted octanol–water partition coefficient (Wildman–Crippen LogP) is 2.02. The summed E-state index contributed by atoms with van der Waals surface area (Å²) >= 11 is 1.09. The van der Waals surface area contributed by atoms with Gasteiger partial charge in [-0.3, -0.25) is 0 Å². The van der Waals surface area contributed by atoms with Gasteiger partial charge in [0.25, 0.3) is 10.4 Å². The van der Waals surface area contributed by atoms with Crippen molar-refractivity contribution in [2.45, 2.75) is 10.4 Å². The van der Waals surface area contributed by atoms with E-state index in [9.17, 15) is 10.1 Å². The third-order valence-electron chi connectivity index (χ3n) is 2.33. The van der Waals surface area contributed by atoms with E-state index in [0.717, 1.165) is 17.3 Å². The first-order chi connectivity index (χ1) is 9.13. The number of aryl methyl sites for hydroxylation is 1. The lowest BCUT2D eigenvalue weighted by molar-refractivity contribution is -0.394. The number of para-hydroxylation sites is 2. The van der Waals surface area contributed by atoms with Gasteiger partial charge in [0.1, 0.15) is 5.52 Å². The fourth-order valence-electron chi connectivity index (χ4n) is 1.50. The van der Waals surface area contributed by atoms with Crippen LogP contribution >= 0.6 is 11.8 Å². The van der Waals surface area contributed by atoms with E-state index in [0.29, 0.717) is 16.0 Å². The average Bonchev–Trinajstić information content (AvgIpc) is 2.93. The summed E-state index contributed by atoms with van der Waals surface area (Å²) in [6, 6.07) is 7.31. The maximum absolute atomic E-state index is 10.6.